The zero-order valence-corrected chi connectivity index (χ0v) is 18.4. The van der Waals surface area contributed by atoms with E-state index in [-0.39, 0.29) is 12.7 Å². The van der Waals surface area contributed by atoms with Crippen LogP contribution in [0, 0.1) is 0 Å². The van der Waals surface area contributed by atoms with E-state index in [4.69, 9.17) is 14.2 Å². The number of piperazine rings is 1. The summed E-state index contributed by atoms with van der Waals surface area (Å²) in [5, 5.41) is 12.3. The zero-order chi connectivity index (χ0) is 23.2. The number of carbonyl (C=O) groups is 2. The van der Waals surface area contributed by atoms with E-state index >= 15 is 0 Å². The van der Waals surface area contributed by atoms with Gasteiger partial charge in [0.1, 0.15) is 11.8 Å². The molecule has 1 unspecified atom stereocenters. The van der Waals surface area contributed by atoms with Gasteiger partial charge in [0.25, 0.3) is 0 Å². The molecule has 9 nitrogen and oxygen atoms in total. The van der Waals surface area contributed by atoms with Gasteiger partial charge in [0.2, 0.25) is 18.6 Å². The third kappa shape index (κ3) is 5.20. The molecule has 0 saturated carbocycles. The van der Waals surface area contributed by atoms with Gasteiger partial charge in [-0.1, -0.05) is 18.2 Å². The third-order valence-electron chi connectivity index (χ3n) is 5.64. The Kier molecular flexibility index (Phi) is 6.99. The van der Waals surface area contributed by atoms with E-state index in [0.717, 1.165) is 17.0 Å². The van der Waals surface area contributed by atoms with E-state index in [1.807, 2.05) is 24.3 Å². The molecule has 2 amide bonds. The van der Waals surface area contributed by atoms with Crippen molar-refractivity contribution in [1.29, 1.82) is 0 Å². The lowest BCUT2D eigenvalue weighted by Gasteiger charge is -2.37. The molecule has 9 heteroatoms. The summed E-state index contributed by atoms with van der Waals surface area (Å²) in [6.07, 6.45) is 2.94. The summed E-state index contributed by atoms with van der Waals surface area (Å²) >= 11 is 0. The molecular formula is C24H27N3O6. The summed E-state index contributed by atoms with van der Waals surface area (Å²) in [6, 6.07) is 12.1. The number of nitrogens with one attached hydrogen (secondary N) is 1. The molecule has 0 spiro atoms. The highest BCUT2D eigenvalue weighted by molar-refractivity contribution is 5.95. The first-order chi connectivity index (χ1) is 16.1. The Bertz CT molecular complexity index is 1030. The average molecular weight is 453 g/mol. The van der Waals surface area contributed by atoms with Gasteiger partial charge in [-0.15, -0.1) is 0 Å². The fraction of sp³-hybridized carbons (Fsp3) is 0.333. The number of para-hydroxylation sites is 2. The van der Waals surface area contributed by atoms with Gasteiger partial charge in [0, 0.05) is 32.3 Å². The minimum atomic E-state index is -1.00. The Hall–Kier alpha value is -3.72. The number of aliphatic hydroxyl groups is 1. The molecule has 0 radical (unpaired) electrons. The Labute approximate surface area is 192 Å². The molecule has 1 saturated heterocycles. The van der Waals surface area contributed by atoms with Gasteiger partial charge in [-0.25, -0.2) is 0 Å². The van der Waals surface area contributed by atoms with E-state index in [2.05, 4.69) is 10.2 Å². The second kappa shape index (κ2) is 10.3. The number of methoxy groups -OCH3 is 1. The summed E-state index contributed by atoms with van der Waals surface area (Å²) in [4.78, 5) is 29.1. The second-order valence-corrected chi connectivity index (χ2v) is 7.67. The van der Waals surface area contributed by atoms with Crippen LogP contribution in [0.25, 0.3) is 6.08 Å². The van der Waals surface area contributed by atoms with Crippen molar-refractivity contribution in [1.82, 2.24) is 10.2 Å². The minimum absolute atomic E-state index is 0.177. The molecule has 1 atom stereocenters. The van der Waals surface area contributed by atoms with Crippen LogP contribution in [0.15, 0.2) is 48.5 Å². The van der Waals surface area contributed by atoms with Crippen LogP contribution >= 0.6 is 0 Å². The lowest BCUT2D eigenvalue weighted by atomic mass is 10.1. The standard InChI is InChI=1S/C24H27N3O6/c1-31-20-5-3-2-4-19(20)26-10-12-27(13-11-26)24(30)18(15-28)25-23(29)9-7-17-6-8-21-22(14-17)33-16-32-21/h2-9,14,18,28H,10-13,15-16H2,1H3,(H,25,29). The predicted octanol–water partition coefficient (Wildman–Crippen LogP) is 1.26. The SMILES string of the molecule is COc1ccccc1N1CCN(C(=O)C(CO)NC(=O)C=Cc2ccc3c(c2)OCO3)CC1. The first-order valence-corrected chi connectivity index (χ1v) is 10.7. The zero-order valence-electron chi connectivity index (χ0n) is 18.4. The minimum Gasteiger partial charge on any atom is -0.495 e. The largest absolute Gasteiger partial charge is 0.495 e. The summed E-state index contributed by atoms with van der Waals surface area (Å²) in [5.74, 6) is 1.29. The van der Waals surface area contributed by atoms with E-state index < -0.39 is 18.6 Å². The Morgan fingerprint density at radius 1 is 1.12 bits per heavy atom. The number of ether oxygens (including phenoxy) is 3. The molecule has 4 rings (SSSR count). The van der Waals surface area contributed by atoms with Gasteiger partial charge >= 0.3 is 0 Å². The Balaban J connectivity index is 1.31. The van der Waals surface area contributed by atoms with Crippen LogP contribution in [0.5, 0.6) is 17.2 Å². The van der Waals surface area contributed by atoms with Crippen molar-refractivity contribution < 1.29 is 28.9 Å². The molecule has 2 aromatic rings. The van der Waals surface area contributed by atoms with Crippen molar-refractivity contribution in [2.75, 3.05) is 51.6 Å². The van der Waals surface area contributed by atoms with Crippen molar-refractivity contribution in [2.45, 2.75) is 6.04 Å². The van der Waals surface area contributed by atoms with Crippen molar-refractivity contribution in [3.8, 4) is 17.2 Å². The highest BCUT2D eigenvalue weighted by Crippen LogP contribution is 2.32. The lowest BCUT2D eigenvalue weighted by molar-refractivity contribution is -0.137. The van der Waals surface area contributed by atoms with E-state index in [9.17, 15) is 14.7 Å². The molecule has 33 heavy (non-hydrogen) atoms. The van der Waals surface area contributed by atoms with Gasteiger partial charge in [0.15, 0.2) is 11.5 Å². The maximum absolute atomic E-state index is 12.9. The molecule has 2 aromatic carbocycles. The number of rotatable bonds is 7. The number of hydrogen-bond acceptors (Lipinski definition) is 7. The van der Waals surface area contributed by atoms with E-state index in [1.165, 1.54) is 6.08 Å². The monoisotopic (exact) mass is 453 g/mol. The first-order valence-electron chi connectivity index (χ1n) is 10.7. The molecule has 2 aliphatic rings. The lowest BCUT2D eigenvalue weighted by Crippen LogP contribution is -2.56. The Morgan fingerprint density at radius 2 is 1.88 bits per heavy atom. The van der Waals surface area contributed by atoms with Crippen molar-refractivity contribution in [3.05, 3.63) is 54.1 Å². The van der Waals surface area contributed by atoms with Crippen LogP contribution in [0.3, 0.4) is 0 Å². The predicted molar refractivity (Wildman–Crippen MR) is 122 cm³/mol. The molecule has 2 N–H and O–H groups in total. The maximum atomic E-state index is 12.9. The number of fused-ring (bicyclic) bond motifs is 1. The number of nitrogens with zero attached hydrogens (tertiary/aromatic N) is 2. The van der Waals surface area contributed by atoms with Crippen LogP contribution in [-0.4, -0.2) is 74.6 Å². The molecular weight excluding hydrogens is 426 g/mol. The first kappa shape index (κ1) is 22.5. The van der Waals surface area contributed by atoms with Crippen molar-refractivity contribution in [2.24, 2.45) is 0 Å². The number of anilines is 1. The van der Waals surface area contributed by atoms with E-state index in [1.54, 1.807) is 36.3 Å². The molecule has 1 fully saturated rings. The van der Waals surface area contributed by atoms with Crippen LogP contribution in [0.2, 0.25) is 0 Å². The highest BCUT2D eigenvalue weighted by Gasteiger charge is 2.28. The molecule has 0 aliphatic carbocycles. The maximum Gasteiger partial charge on any atom is 0.247 e. The fourth-order valence-electron chi connectivity index (χ4n) is 3.87. The smallest absolute Gasteiger partial charge is 0.247 e. The number of amides is 2. The van der Waals surface area contributed by atoms with Gasteiger partial charge in [-0.2, -0.15) is 0 Å². The summed E-state index contributed by atoms with van der Waals surface area (Å²) in [7, 11) is 1.63. The summed E-state index contributed by atoms with van der Waals surface area (Å²) < 4.78 is 16.0. The molecule has 0 aromatic heterocycles. The highest BCUT2D eigenvalue weighted by atomic mass is 16.7. The quantitative estimate of drug-likeness (QED) is 0.609. The van der Waals surface area contributed by atoms with Crippen LogP contribution in [-0.2, 0) is 9.59 Å². The van der Waals surface area contributed by atoms with Gasteiger partial charge in [0.05, 0.1) is 19.4 Å². The number of benzene rings is 2. The van der Waals surface area contributed by atoms with Crippen LogP contribution in [0.4, 0.5) is 5.69 Å². The van der Waals surface area contributed by atoms with Crippen LogP contribution < -0.4 is 24.4 Å². The van der Waals surface area contributed by atoms with E-state index in [0.29, 0.717) is 37.7 Å². The van der Waals surface area contributed by atoms with Crippen molar-refractivity contribution in [3.63, 3.8) is 0 Å². The second-order valence-electron chi connectivity index (χ2n) is 7.67. The summed E-state index contributed by atoms with van der Waals surface area (Å²) in [6.45, 7) is 1.92. The van der Waals surface area contributed by atoms with Gasteiger partial charge < -0.3 is 34.4 Å². The number of carbonyl (C=O) groups excluding carboxylic acids is 2. The normalized spacial score (nSPS) is 16.1. The molecule has 0 bridgehead atoms. The van der Waals surface area contributed by atoms with Crippen molar-refractivity contribution >= 4 is 23.6 Å². The fourth-order valence-corrected chi connectivity index (χ4v) is 3.87. The number of aliphatic hydroxyl groups excluding tert-OH is 1. The topological polar surface area (TPSA) is 101 Å². The average Bonchev–Trinajstić information content (AvgIpc) is 3.33. The third-order valence-corrected chi connectivity index (χ3v) is 5.64. The van der Waals surface area contributed by atoms with Crippen LogP contribution in [0.1, 0.15) is 5.56 Å². The molecule has 174 valence electrons. The van der Waals surface area contributed by atoms with Gasteiger partial charge in [-0.05, 0) is 35.9 Å². The van der Waals surface area contributed by atoms with Gasteiger partial charge in [-0.3, -0.25) is 9.59 Å². The summed E-state index contributed by atoms with van der Waals surface area (Å²) in [5.41, 5.74) is 1.74. The molecule has 2 aliphatic heterocycles. The Morgan fingerprint density at radius 3 is 2.64 bits per heavy atom. The molecule has 2 heterocycles. The number of hydrogen-bond donors (Lipinski definition) is 2.